The van der Waals surface area contributed by atoms with Crippen molar-refractivity contribution in [3.05, 3.63) is 35.2 Å². The fourth-order valence-corrected chi connectivity index (χ4v) is 2.63. The molecule has 0 spiro atoms. The number of aryl methyl sites for hydroxylation is 2. The number of imidazole rings is 1. The monoisotopic (exact) mass is 262 g/mol. The summed E-state index contributed by atoms with van der Waals surface area (Å²) in [5.41, 5.74) is 4.38. The van der Waals surface area contributed by atoms with Gasteiger partial charge in [-0.1, -0.05) is 0 Å². The van der Waals surface area contributed by atoms with Crippen LogP contribution in [0.4, 0.5) is 0 Å². The molecule has 3 rings (SSSR count). The van der Waals surface area contributed by atoms with E-state index in [0.29, 0.717) is 11.8 Å². The minimum absolute atomic E-state index is 0.453. The first kappa shape index (κ1) is 11.7. The summed E-state index contributed by atoms with van der Waals surface area (Å²) < 4.78 is 2.01. The van der Waals surface area contributed by atoms with Gasteiger partial charge in [0, 0.05) is 23.1 Å². The van der Waals surface area contributed by atoms with Gasteiger partial charge in [-0.15, -0.1) is 11.6 Å². The van der Waals surface area contributed by atoms with Crippen molar-refractivity contribution < 1.29 is 0 Å². The topological polar surface area (TPSA) is 43.6 Å². The third-order valence-electron chi connectivity index (χ3n) is 3.46. The molecular weight excluding hydrogens is 248 g/mol. The van der Waals surface area contributed by atoms with Crippen LogP contribution >= 0.6 is 11.6 Å². The van der Waals surface area contributed by atoms with Gasteiger partial charge in [0.2, 0.25) is 5.95 Å². The maximum atomic E-state index is 5.83. The summed E-state index contributed by atoms with van der Waals surface area (Å²) in [5, 5.41) is 0. The number of rotatable bonds is 2. The van der Waals surface area contributed by atoms with Crippen molar-refractivity contribution in [2.45, 2.75) is 38.5 Å². The van der Waals surface area contributed by atoms with Crippen molar-refractivity contribution in [2.24, 2.45) is 0 Å². The van der Waals surface area contributed by atoms with Crippen molar-refractivity contribution in [3.63, 3.8) is 0 Å². The summed E-state index contributed by atoms with van der Waals surface area (Å²) in [5.74, 6) is 1.16. The molecule has 2 heterocycles. The van der Waals surface area contributed by atoms with Crippen LogP contribution in [0.1, 0.15) is 35.5 Å². The number of hydrogen-bond donors (Lipinski definition) is 0. The molecule has 18 heavy (non-hydrogen) atoms. The maximum Gasteiger partial charge on any atom is 0.235 e. The van der Waals surface area contributed by atoms with Crippen LogP contribution in [0.25, 0.3) is 5.95 Å². The molecule has 0 aliphatic heterocycles. The maximum absolute atomic E-state index is 5.83. The molecule has 0 fully saturated rings. The van der Waals surface area contributed by atoms with Crippen molar-refractivity contribution >= 4 is 11.6 Å². The zero-order valence-corrected chi connectivity index (χ0v) is 11.1. The number of fused-ring (bicyclic) bond motifs is 1. The van der Waals surface area contributed by atoms with E-state index in [1.54, 1.807) is 6.20 Å². The Bertz CT molecular complexity index is 576. The molecule has 2 aromatic rings. The van der Waals surface area contributed by atoms with E-state index >= 15 is 0 Å². The lowest BCUT2D eigenvalue weighted by atomic mass is 10.0. The lowest BCUT2D eigenvalue weighted by Gasteiger charge is -2.13. The van der Waals surface area contributed by atoms with Crippen LogP contribution in [-0.4, -0.2) is 19.5 Å². The van der Waals surface area contributed by atoms with E-state index in [1.807, 2.05) is 17.8 Å². The van der Waals surface area contributed by atoms with Gasteiger partial charge >= 0.3 is 0 Å². The summed E-state index contributed by atoms with van der Waals surface area (Å²) in [6, 6.07) is 0. The second-order valence-electron chi connectivity index (χ2n) is 4.63. The molecule has 0 amide bonds. The van der Waals surface area contributed by atoms with Gasteiger partial charge in [0.1, 0.15) is 6.33 Å². The number of alkyl halides is 1. The van der Waals surface area contributed by atoms with E-state index in [9.17, 15) is 0 Å². The van der Waals surface area contributed by atoms with Crippen LogP contribution < -0.4 is 0 Å². The van der Waals surface area contributed by atoms with Gasteiger partial charge in [-0.05, 0) is 32.6 Å². The largest absolute Gasteiger partial charge is 0.271 e. The molecule has 0 aromatic carbocycles. The molecule has 0 unspecified atom stereocenters. The van der Waals surface area contributed by atoms with E-state index < -0.39 is 0 Å². The number of nitrogens with zero attached hydrogens (tertiary/aromatic N) is 4. The van der Waals surface area contributed by atoms with Gasteiger partial charge in [0.05, 0.1) is 11.6 Å². The second-order valence-corrected chi connectivity index (χ2v) is 4.90. The zero-order chi connectivity index (χ0) is 12.5. The highest BCUT2D eigenvalue weighted by Crippen LogP contribution is 2.22. The minimum Gasteiger partial charge on any atom is -0.271 e. The summed E-state index contributed by atoms with van der Waals surface area (Å²) in [6.07, 6.45) is 8.23. The van der Waals surface area contributed by atoms with Gasteiger partial charge in [-0.2, -0.15) is 0 Å². The van der Waals surface area contributed by atoms with Gasteiger partial charge in [0.25, 0.3) is 0 Å². The van der Waals surface area contributed by atoms with Crippen LogP contribution in [-0.2, 0) is 18.7 Å². The molecule has 1 aliphatic rings. The molecule has 0 saturated carbocycles. The SMILES string of the molecule is Cc1nc(-n2cnc3c2CCCC3)ncc1CCl. The molecule has 0 bridgehead atoms. The van der Waals surface area contributed by atoms with Crippen LogP contribution in [0.5, 0.6) is 0 Å². The van der Waals surface area contributed by atoms with E-state index in [-0.39, 0.29) is 0 Å². The number of aromatic nitrogens is 4. The molecule has 0 radical (unpaired) electrons. The molecule has 5 heteroatoms. The van der Waals surface area contributed by atoms with Crippen molar-refractivity contribution in [1.82, 2.24) is 19.5 Å². The Labute approximate surface area is 111 Å². The smallest absolute Gasteiger partial charge is 0.235 e. The summed E-state index contributed by atoms with van der Waals surface area (Å²) in [6.45, 7) is 1.96. The van der Waals surface area contributed by atoms with Crippen molar-refractivity contribution in [1.29, 1.82) is 0 Å². The lowest BCUT2D eigenvalue weighted by molar-refractivity contribution is 0.651. The fourth-order valence-electron chi connectivity index (χ4n) is 2.37. The summed E-state index contributed by atoms with van der Waals surface area (Å²) >= 11 is 5.83. The predicted octanol–water partition coefficient (Wildman–Crippen LogP) is 2.59. The standard InChI is InChI=1S/C13H15ClN4/c1-9-10(6-14)7-15-13(17-9)18-8-16-11-4-2-3-5-12(11)18/h7-8H,2-6H2,1H3. The highest BCUT2D eigenvalue weighted by molar-refractivity contribution is 6.17. The van der Waals surface area contributed by atoms with Crippen LogP contribution in [0.2, 0.25) is 0 Å². The van der Waals surface area contributed by atoms with E-state index in [2.05, 4.69) is 15.0 Å². The van der Waals surface area contributed by atoms with Crippen LogP contribution in [0.15, 0.2) is 12.5 Å². The Kier molecular flexibility index (Phi) is 3.04. The van der Waals surface area contributed by atoms with Crippen LogP contribution in [0.3, 0.4) is 0 Å². The second kappa shape index (κ2) is 4.69. The van der Waals surface area contributed by atoms with Gasteiger partial charge < -0.3 is 0 Å². The van der Waals surface area contributed by atoms with Gasteiger partial charge in [-0.3, -0.25) is 4.57 Å². The third-order valence-corrected chi connectivity index (χ3v) is 3.75. The molecule has 0 atom stereocenters. The number of hydrogen-bond acceptors (Lipinski definition) is 3. The van der Waals surface area contributed by atoms with Crippen molar-refractivity contribution in [3.8, 4) is 5.95 Å². The Morgan fingerprint density at radius 1 is 1.28 bits per heavy atom. The first-order valence-corrected chi connectivity index (χ1v) is 6.77. The summed E-state index contributed by atoms with van der Waals surface area (Å²) in [7, 11) is 0. The average molecular weight is 263 g/mol. The highest BCUT2D eigenvalue weighted by Gasteiger charge is 2.17. The molecule has 94 valence electrons. The molecule has 0 saturated heterocycles. The molecule has 2 aromatic heterocycles. The van der Waals surface area contributed by atoms with E-state index in [1.165, 1.54) is 24.2 Å². The molecule has 1 aliphatic carbocycles. The summed E-state index contributed by atoms with van der Waals surface area (Å²) in [4.78, 5) is 13.4. The third kappa shape index (κ3) is 1.90. The molecule has 4 nitrogen and oxygen atoms in total. The zero-order valence-electron chi connectivity index (χ0n) is 10.4. The minimum atomic E-state index is 0.453. The average Bonchev–Trinajstić information content (AvgIpc) is 2.82. The Morgan fingerprint density at radius 3 is 2.89 bits per heavy atom. The van der Waals surface area contributed by atoms with Gasteiger partial charge in [0.15, 0.2) is 0 Å². The first-order valence-electron chi connectivity index (χ1n) is 6.23. The van der Waals surface area contributed by atoms with E-state index in [4.69, 9.17) is 11.6 Å². The quantitative estimate of drug-likeness (QED) is 0.782. The van der Waals surface area contributed by atoms with Crippen LogP contribution in [0, 0.1) is 6.92 Å². The number of halogens is 1. The lowest BCUT2D eigenvalue weighted by Crippen LogP contribution is -2.10. The Balaban J connectivity index is 2.04. The van der Waals surface area contributed by atoms with Gasteiger partial charge in [-0.25, -0.2) is 15.0 Å². The first-order chi connectivity index (χ1) is 8.79. The van der Waals surface area contributed by atoms with Crippen molar-refractivity contribution in [2.75, 3.05) is 0 Å². The Morgan fingerprint density at radius 2 is 2.11 bits per heavy atom. The van der Waals surface area contributed by atoms with E-state index in [0.717, 1.165) is 24.1 Å². The molecule has 0 N–H and O–H groups in total. The predicted molar refractivity (Wildman–Crippen MR) is 70.1 cm³/mol. The highest BCUT2D eigenvalue weighted by atomic mass is 35.5. The molecular formula is C13H15ClN4. The normalized spacial score (nSPS) is 14.6. The fraction of sp³-hybridized carbons (Fsp3) is 0.462. The Hall–Kier alpha value is -1.42.